The molecular weight excluding hydrogens is 268 g/mol. The molecular formula is C15H14N4O2. The number of aromatic nitrogens is 3. The Balaban J connectivity index is 1.88. The minimum Gasteiger partial charge on any atom is -0.480 e. The van der Waals surface area contributed by atoms with Crippen LogP contribution in [0.15, 0.2) is 35.0 Å². The van der Waals surface area contributed by atoms with Crippen LogP contribution >= 0.6 is 0 Å². The van der Waals surface area contributed by atoms with Gasteiger partial charge in [0.15, 0.2) is 11.6 Å². The van der Waals surface area contributed by atoms with E-state index in [2.05, 4.69) is 17.0 Å². The fourth-order valence-corrected chi connectivity index (χ4v) is 2.17. The molecule has 0 aliphatic carbocycles. The highest BCUT2D eigenvalue weighted by Gasteiger charge is 2.16. The molecule has 6 nitrogen and oxygen atoms in total. The van der Waals surface area contributed by atoms with E-state index in [1.807, 2.05) is 30.3 Å². The van der Waals surface area contributed by atoms with Crippen molar-refractivity contribution in [1.82, 2.24) is 14.8 Å². The van der Waals surface area contributed by atoms with Crippen LogP contribution in [0, 0.1) is 11.3 Å². The van der Waals surface area contributed by atoms with Crippen LogP contribution in [0.3, 0.4) is 0 Å². The van der Waals surface area contributed by atoms with Gasteiger partial charge in [0.2, 0.25) is 5.76 Å². The lowest BCUT2D eigenvalue weighted by Crippen LogP contribution is -2.08. The Morgan fingerprint density at radius 1 is 1.38 bits per heavy atom. The summed E-state index contributed by atoms with van der Waals surface area (Å²) in [5, 5.41) is 14.1. The topological polar surface area (TPSA) is 76.9 Å². The summed E-state index contributed by atoms with van der Waals surface area (Å²) in [5.74, 6) is 1.36. The van der Waals surface area contributed by atoms with Crippen molar-refractivity contribution in [3.05, 3.63) is 42.2 Å². The summed E-state index contributed by atoms with van der Waals surface area (Å²) in [7, 11) is 0. The first-order valence-electron chi connectivity index (χ1n) is 6.74. The number of furan rings is 1. The van der Waals surface area contributed by atoms with Gasteiger partial charge < -0.3 is 9.15 Å². The number of nitriles is 1. The lowest BCUT2D eigenvalue weighted by atomic mass is 10.2. The normalized spacial score (nSPS) is 10.7. The molecule has 3 aromatic rings. The Morgan fingerprint density at radius 3 is 3.05 bits per heavy atom. The van der Waals surface area contributed by atoms with Crippen molar-refractivity contribution in [2.24, 2.45) is 0 Å². The fraction of sp³-hybridized carbons (Fsp3) is 0.267. The Hall–Kier alpha value is -2.81. The van der Waals surface area contributed by atoms with Gasteiger partial charge in [0.05, 0.1) is 5.39 Å². The van der Waals surface area contributed by atoms with Gasteiger partial charge in [-0.1, -0.05) is 19.1 Å². The Morgan fingerprint density at radius 2 is 2.24 bits per heavy atom. The highest BCUT2D eigenvalue weighted by molar-refractivity contribution is 5.86. The average molecular weight is 282 g/mol. The number of hydrogen-bond donors (Lipinski definition) is 0. The van der Waals surface area contributed by atoms with Crippen LogP contribution in [0.2, 0.25) is 0 Å². The quantitative estimate of drug-likeness (QED) is 0.719. The van der Waals surface area contributed by atoms with Gasteiger partial charge in [-0.15, -0.1) is 0 Å². The van der Waals surface area contributed by atoms with Gasteiger partial charge in [0.1, 0.15) is 24.6 Å². The van der Waals surface area contributed by atoms with Crippen molar-refractivity contribution in [3.63, 3.8) is 0 Å². The lowest BCUT2D eigenvalue weighted by molar-refractivity contribution is 0.284. The van der Waals surface area contributed by atoms with Gasteiger partial charge in [-0.25, -0.2) is 9.67 Å². The van der Waals surface area contributed by atoms with Crippen molar-refractivity contribution in [1.29, 1.82) is 5.26 Å². The van der Waals surface area contributed by atoms with Crippen molar-refractivity contribution < 1.29 is 9.15 Å². The SMILES string of the molecule is CCCn1ncnc1COc1c(C#N)oc2ccccc12. The highest BCUT2D eigenvalue weighted by atomic mass is 16.5. The van der Waals surface area contributed by atoms with E-state index in [9.17, 15) is 0 Å². The standard InChI is InChI=1S/C15H14N4O2/c1-2-7-19-14(17-10-18-19)9-20-15-11-5-3-4-6-12(11)21-13(15)8-16/h3-6,10H,2,7,9H2,1H3. The number of benzene rings is 1. The summed E-state index contributed by atoms with van der Waals surface area (Å²) in [6, 6.07) is 9.43. The predicted molar refractivity (Wildman–Crippen MR) is 75.6 cm³/mol. The van der Waals surface area contributed by atoms with Gasteiger partial charge in [0.25, 0.3) is 0 Å². The van der Waals surface area contributed by atoms with Crippen LogP contribution in [0.1, 0.15) is 24.9 Å². The first kappa shape index (κ1) is 13.2. The van der Waals surface area contributed by atoms with Crippen LogP contribution in [-0.2, 0) is 13.2 Å². The first-order chi connectivity index (χ1) is 10.3. The molecule has 2 heterocycles. The van der Waals surface area contributed by atoms with Crippen LogP contribution in [0.5, 0.6) is 5.75 Å². The fourth-order valence-electron chi connectivity index (χ4n) is 2.17. The monoisotopic (exact) mass is 282 g/mol. The van der Waals surface area contributed by atoms with E-state index in [0.717, 1.165) is 24.2 Å². The molecule has 21 heavy (non-hydrogen) atoms. The van der Waals surface area contributed by atoms with E-state index in [-0.39, 0.29) is 12.4 Å². The Labute approximate surface area is 121 Å². The van der Waals surface area contributed by atoms with E-state index < -0.39 is 0 Å². The minimum atomic E-state index is 0.178. The largest absolute Gasteiger partial charge is 0.480 e. The van der Waals surface area contributed by atoms with Crippen molar-refractivity contribution >= 4 is 11.0 Å². The molecule has 3 rings (SSSR count). The van der Waals surface area contributed by atoms with Crippen LogP contribution in [-0.4, -0.2) is 14.8 Å². The lowest BCUT2D eigenvalue weighted by Gasteiger charge is -2.06. The highest BCUT2D eigenvalue weighted by Crippen LogP contribution is 2.32. The third-order valence-electron chi connectivity index (χ3n) is 3.13. The summed E-state index contributed by atoms with van der Waals surface area (Å²) in [5.41, 5.74) is 0.638. The maximum atomic E-state index is 9.16. The summed E-state index contributed by atoms with van der Waals surface area (Å²) in [6.45, 7) is 3.11. The number of rotatable bonds is 5. The molecule has 0 amide bonds. The summed E-state index contributed by atoms with van der Waals surface area (Å²) in [4.78, 5) is 4.18. The van der Waals surface area contributed by atoms with E-state index in [1.165, 1.54) is 6.33 Å². The molecule has 0 atom stereocenters. The second-order valence-electron chi connectivity index (χ2n) is 4.56. The van der Waals surface area contributed by atoms with Crippen molar-refractivity contribution in [3.8, 4) is 11.8 Å². The number of para-hydroxylation sites is 1. The molecule has 6 heteroatoms. The van der Waals surface area contributed by atoms with E-state index in [1.54, 1.807) is 4.68 Å². The number of fused-ring (bicyclic) bond motifs is 1. The average Bonchev–Trinajstić information content (AvgIpc) is 3.09. The summed E-state index contributed by atoms with van der Waals surface area (Å²) >= 11 is 0. The van der Waals surface area contributed by atoms with E-state index in [4.69, 9.17) is 14.4 Å². The number of hydrogen-bond acceptors (Lipinski definition) is 5. The Bertz CT molecular complexity index is 797. The molecule has 0 spiro atoms. The summed E-state index contributed by atoms with van der Waals surface area (Å²) in [6.07, 6.45) is 2.47. The van der Waals surface area contributed by atoms with Gasteiger partial charge in [-0.3, -0.25) is 0 Å². The molecule has 0 N–H and O–H groups in total. The van der Waals surface area contributed by atoms with Gasteiger partial charge in [-0.05, 0) is 18.6 Å². The number of aryl methyl sites for hydroxylation is 1. The molecule has 106 valence electrons. The van der Waals surface area contributed by atoms with Gasteiger partial charge in [0, 0.05) is 6.54 Å². The molecule has 0 aliphatic heterocycles. The molecule has 2 aromatic heterocycles. The third-order valence-corrected chi connectivity index (χ3v) is 3.13. The van der Waals surface area contributed by atoms with Gasteiger partial charge in [-0.2, -0.15) is 10.4 Å². The predicted octanol–water partition coefficient (Wildman–Crippen LogP) is 2.88. The second-order valence-corrected chi connectivity index (χ2v) is 4.56. The van der Waals surface area contributed by atoms with E-state index >= 15 is 0 Å². The molecule has 0 fully saturated rings. The van der Waals surface area contributed by atoms with Crippen molar-refractivity contribution in [2.45, 2.75) is 26.5 Å². The minimum absolute atomic E-state index is 0.178. The summed E-state index contributed by atoms with van der Waals surface area (Å²) < 4.78 is 13.0. The number of ether oxygens (including phenoxy) is 1. The van der Waals surface area contributed by atoms with E-state index in [0.29, 0.717) is 11.3 Å². The van der Waals surface area contributed by atoms with Gasteiger partial charge >= 0.3 is 0 Å². The smallest absolute Gasteiger partial charge is 0.246 e. The third kappa shape index (κ3) is 2.46. The van der Waals surface area contributed by atoms with Crippen LogP contribution in [0.25, 0.3) is 11.0 Å². The maximum absolute atomic E-state index is 9.16. The van der Waals surface area contributed by atoms with Crippen LogP contribution < -0.4 is 4.74 Å². The molecule has 0 aliphatic rings. The molecule has 0 radical (unpaired) electrons. The molecule has 0 saturated heterocycles. The number of nitrogens with zero attached hydrogens (tertiary/aromatic N) is 4. The maximum Gasteiger partial charge on any atom is 0.246 e. The zero-order valence-corrected chi connectivity index (χ0v) is 11.6. The zero-order valence-electron chi connectivity index (χ0n) is 11.6. The molecule has 0 unspecified atom stereocenters. The zero-order chi connectivity index (χ0) is 14.7. The second kappa shape index (κ2) is 5.67. The molecule has 0 bridgehead atoms. The molecule has 1 aromatic carbocycles. The van der Waals surface area contributed by atoms with Crippen LogP contribution in [0.4, 0.5) is 0 Å². The van der Waals surface area contributed by atoms with Crippen molar-refractivity contribution in [2.75, 3.05) is 0 Å². The Kier molecular flexibility index (Phi) is 3.56. The molecule has 0 saturated carbocycles. The first-order valence-corrected chi connectivity index (χ1v) is 6.74.